The minimum atomic E-state index is -1.44. The van der Waals surface area contributed by atoms with Crippen molar-refractivity contribution in [1.82, 2.24) is 4.90 Å². The Bertz CT molecular complexity index is 908. The molecule has 1 aliphatic heterocycles. The van der Waals surface area contributed by atoms with E-state index in [0.29, 0.717) is 11.3 Å². The normalized spacial score (nSPS) is 16.1. The third kappa shape index (κ3) is 5.91. The van der Waals surface area contributed by atoms with Crippen molar-refractivity contribution in [2.75, 3.05) is 6.54 Å². The van der Waals surface area contributed by atoms with Gasteiger partial charge in [-0.1, -0.05) is 29.8 Å². The predicted octanol–water partition coefficient (Wildman–Crippen LogP) is -2.36. The largest absolute Gasteiger partial charge is 1.00 e. The second-order valence-corrected chi connectivity index (χ2v) is 6.93. The average Bonchev–Trinajstić information content (AvgIpc) is 2.59. The molecule has 30 heavy (non-hydrogen) atoms. The quantitative estimate of drug-likeness (QED) is 0.365. The van der Waals surface area contributed by atoms with E-state index in [9.17, 15) is 24.6 Å². The second kappa shape index (κ2) is 12.3. The third-order valence-electron chi connectivity index (χ3n) is 4.43. The maximum atomic E-state index is 12.9. The van der Waals surface area contributed by atoms with Crippen LogP contribution in [-0.4, -0.2) is 45.7 Å². The van der Waals surface area contributed by atoms with Crippen LogP contribution < -0.4 is 59.1 Å². The number of carboxylic acid groups (broad SMARTS) is 2. The van der Waals surface area contributed by atoms with E-state index in [4.69, 9.17) is 16.3 Å². The molecule has 0 aromatic heterocycles. The fourth-order valence-corrected chi connectivity index (χ4v) is 3.61. The van der Waals surface area contributed by atoms with Crippen LogP contribution in [0.2, 0.25) is 5.02 Å². The second-order valence-electron chi connectivity index (χ2n) is 6.52. The summed E-state index contributed by atoms with van der Waals surface area (Å²) >= 11 is 6.30. The van der Waals surface area contributed by atoms with Crippen molar-refractivity contribution in [3.8, 4) is 0 Å². The number of hydrogen-bond donors (Lipinski definition) is 2. The predicted molar refractivity (Wildman–Crippen MR) is 105 cm³/mol. The van der Waals surface area contributed by atoms with Crippen molar-refractivity contribution in [3.05, 3.63) is 57.4 Å². The molecule has 1 aromatic carbocycles. The Morgan fingerprint density at radius 3 is 2.13 bits per heavy atom. The van der Waals surface area contributed by atoms with Gasteiger partial charge >= 0.3 is 77.0 Å². The monoisotopic (exact) mass is 455 g/mol. The van der Waals surface area contributed by atoms with Crippen LogP contribution in [0.3, 0.4) is 0 Å². The van der Waals surface area contributed by atoms with Gasteiger partial charge in [0.25, 0.3) is 0 Å². The van der Waals surface area contributed by atoms with E-state index in [1.165, 1.54) is 4.90 Å². The van der Waals surface area contributed by atoms with E-state index in [1.54, 1.807) is 52.0 Å². The van der Waals surface area contributed by atoms with Gasteiger partial charge in [-0.15, -0.1) is 0 Å². The summed E-state index contributed by atoms with van der Waals surface area (Å²) in [6.45, 7) is 6.77. The van der Waals surface area contributed by atoms with Crippen molar-refractivity contribution in [1.29, 1.82) is 0 Å². The SMILES string of the molecule is CCN1C(C)=C(C(=O)OC(C)C)C(c2ccccc2Cl)C(C(=O)O)=C1C(=O)O.[H-].[H-].[Na+].[Na+]. The summed E-state index contributed by atoms with van der Waals surface area (Å²) in [6.07, 6.45) is -0.437. The first-order chi connectivity index (χ1) is 13.1. The molecule has 0 aliphatic carbocycles. The number of allylic oxidation sites excluding steroid dienone is 1. The summed E-state index contributed by atoms with van der Waals surface area (Å²) in [7, 11) is 0. The molecule has 1 aliphatic rings. The first-order valence-electron chi connectivity index (χ1n) is 8.76. The minimum absolute atomic E-state index is 0. The smallest absolute Gasteiger partial charge is 1.00 e. The zero-order valence-corrected chi connectivity index (χ0v) is 22.8. The number of ether oxygens (including phenoxy) is 1. The van der Waals surface area contributed by atoms with Gasteiger partial charge in [-0.3, -0.25) is 0 Å². The molecule has 0 spiro atoms. The zero-order valence-electron chi connectivity index (χ0n) is 20.0. The summed E-state index contributed by atoms with van der Waals surface area (Å²) in [6, 6.07) is 6.45. The topological polar surface area (TPSA) is 104 Å². The van der Waals surface area contributed by atoms with Crippen molar-refractivity contribution in [2.45, 2.75) is 39.7 Å². The number of carboxylic acids is 2. The van der Waals surface area contributed by atoms with E-state index in [2.05, 4.69) is 0 Å². The Morgan fingerprint density at radius 2 is 1.70 bits per heavy atom. The van der Waals surface area contributed by atoms with Gasteiger partial charge < -0.3 is 22.7 Å². The van der Waals surface area contributed by atoms with Gasteiger partial charge in [-0.05, 0) is 39.3 Å². The molecule has 7 nitrogen and oxygen atoms in total. The van der Waals surface area contributed by atoms with E-state index in [0.717, 1.165) is 0 Å². The van der Waals surface area contributed by atoms with Crippen molar-refractivity contribution < 1.29 is 91.3 Å². The van der Waals surface area contributed by atoms with E-state index in [1.807, 2.05) is 0 Å². The van der Waals surface area contributed by atoms with Gasteiger partial charge in [-0.25, -0.2) is 14.4 Å². The standard InChI is InChI=1S/C20H22ClNO6.2Na.2H/c1-5-22-11(4)14(20(27)28-10(2)3)15(12-8-6-7-9-13(12)21)16(18(23)24)17(22)19(25)26;;;;/h6-10,15H,5H2,1-4H3,(H,23,24)(H,25,26);;;;/q;2*+1;2*-1. The molecule has 0 fully saturated rings. The maximum Gasteiger partial charge on any atom is 1.00 e. The molecule has 0 saturated carbocycles. The van der Waals surface area contributed by atoms with Gasteiger partial charge in [0.05, 0.1) is 23.2 Å². The van der Waals surface area contributed by atoms with Gasteiger partial charge in [0.1, 0.15) is 5.70 Å². The molecule has 2 N–H and O–H groups in total. The Labute approximate surface area is 227 Å². The molecule has 1 heterocycles. The van der Waals surface area contributed by atoms with Gasteiger partial charge in [-0.2, -0.15) is 0 Å². The molecule has 154 valence electrons. The molecule has 0 amide bonds. The van der Waals surface area contributed by atoms with Crippen LogP contribution in [-0.2, 0) is 19.1 Å². The average molecular weight is 456 g/mol. The number of hydrogen-bond acceptors (Lipinski definition) is 5. The number of halogens is 1. The molecule has 0 radical (unpaired) electrons. The van der Waals surface area contributed by atoms with Crippen molar-refractivity contribution in [3.63, 3.8) is 0 Å². The van der Waals surface area contributed by atoms with Crippen LogP contribution in [0.1, 0.15) is 42.0 Å². The van der Waals surface area contributed by atoms with Crippen LogP contribution >= 0.6 is 11.6 Å². The third-order valence-corrected chi connectivity index (χ3v) is 4.77. The molecule has 10 heteroatoms. The van der Waals surface area contributed by atoms with E-state index < -0.39 is 41.2 Å². The maximum absolute atomic E-state index is 12.9. The van der Waals surface area contributed by atoms with Crippen LogP contribution in [0.25, 0.3) is 0 Å². The van der Waals surface area contributed by atoms with Crippen molar-refractivity contribution >= 4 is 29.5 Å². The summed E-state index contributed by atoms with van der Waals surface area (Å²) in [5.74, 6) is -4.72. The number of carbonyl (C=O) groups is 3. The molecule has 1 aromatic rings. The fourth-order valence-electron chi connectivity index (χ4n) is 3.36. The Balaban J connectivity index is -0.00000210. The Morgan fingerprint density at radius 1 is 1.13 bits per heavy atom. The molecule has 0 saturated heterocycles. The fraction of sp³-hybridized carbons (Fsp3) is 0.350. The number of likely N-dealkylation sites (N-methyl/N-ethyl adjacent to an activating group) is 1. The molecule has 1 unspecified atom stereocenters. The van der Waals surface area contributed by atoms with Crippen LogP contribution in [0.4, 0.5) is 0 Å². The molecule has 0 bridgehead atoms. The first kappa shape index (κ1) is 29.2. The Hall–Kier alpha value is -0.800. The first-order valence-corrected chi connectivity index (χ1v) is 9.13. The molecule has 2 rings (SSSR count). The number of aliphatic carboxylic acids is 2. The zero-order chi connectivity index (χ0) is 21.2. The van der Waals surface area contributed by atoms with Gasteiger partial charge in [0.15, 0.2) is 0 Å². The summed E-state index contributed by atoms with van der Waals surface area (Å²) < 4.78 is 5.34. The van der Waals surface area contributed by atoms with Crippen LogP contribution in [0.15, 0.2) is 46.8 Å². The minimum Gasteiger partial charge on any atom is -1.00 e. The molecular weight excluding hydrogens is 432 g/mol. The number of esters is 1. The van der Waals surface area contributed by atoms with Crippen molar-refractivity contribution in [2.24, 2.45) is 0 Å². The van der Waals surface area contributed by atoms with Crippen LogP contribution in [0, 0.1) is 0 Å². The molecule has 1 atom stereocenters. The Kier molecular flexibility index (Phi) is 12.0. The van der Waals surface area contributed by atoms with Gasteiger partial charge in [0, 0.05) is 17.3 Å². The number of benzene rings is 1. The van der Waals surface area contributed by atoms with Crippen LogP contribution in [0.5, 0.6) is 0 Å². The number of rotatable bonds is 6. The number of nitrogens with zero attached hydrogens (tertiary/aromatic N) is 1. The summed E-state index contributed by atoms with van der Waals surface area (Å²) in [5, 5.41) is 19.9. The molecular formula is C20H24ClNNa2O6. The van der Waals surface area contributed by atoms with E-state index in [-0.39, 0.29) is 79.1 Å². The number of carbonyl (C=O) groups excluding carboxylic acids is 1. The van der Waals surface area contributed by atoms with E-state index >= 15 is 0 Å². The summed E-state index contributed by atoms with van der Waals surface area (Å²) in [5.41, 5.74) is -0.111. The summed E-state index contributed by atoms with van der Waals surface area (Å²) in [4.78, 5) is 38.3. The van der Waals surface area contributed by atoms with Gasteiger partial charge in [0.2, 0.25) is 0 Å².